The van der Waals surface area contributed by atoms with Gasteiger partial charge in [-0.05, 0) is 30.3 Å². The lowest BCUT2D eigenvalue weighted by Gasteiger charge is -2.12. The second kappa shape index (κ2) is 9.20. The van der Waals surface area contributed by atoms with Crippen LogP contribution in [-0.2, 0) is 11.3 Å². The molecule has 162 valence electrons. The molecule has 3 aromatic rings. The third-order valence-corrected chi connectivity index (χ3v) is 3.94. The summed E-state index contributed by atoms with van der Waals surface area (Å²) in [4.78, 5) is 23.1. The quantitative estimate of drug-likeness (QED) is 0.500. The Bertz CT molecular complexity index is 1080. The van der Waals surface area contributed by atoms with E-state index in [4.69, 9.17) is 9.84 Å². The Morgan fingerprint density at radius 3 is 2.45 bits per heavy atom. The Morgan fingerprint density at radius 2 is 1.74 bits per heavy atom. The van der Waals surface area contributed by atoms with Crippen LogP contribution in [-0.4, -0.2) is 40.1 Å². The molecule has 0 fully saturated rings. The molecule has 2 aromatic carbocycles. The second-order valence-corrected chi connectivity index (χ2v) is 6.18. The maximum absolute atomic E-state index is 12.5. The number of aliphatic carboxylic acids is 1. The number of aromatic amines is 1. The van der Waals surface area contributed by atoms with E-state index < -0.39 is 30.6 Å². The number of alkyl halides is 3. The number of nitrogens with one attached hydrogen (secondary N) is 2. The van der Waals surface area contributed by atoms with Gasteiger partial charge in [-0.1, -0.05) is 24.3 Å². The van der Waals surface area contributed by atoms with Crippen molar-refractivity contribution in [2.45, 2.75) is 12.9 Å². The molecule has 0 atom stereocenters. The lowest BCUT2D eigenvalue weighted by Crippen LogP contribution is -2.25. The molecule has 1 heterocycles. The van der Waals surface area contributed by atoms with Gasteiger partial charge >= 0.3 is 12.3 Å². The van der Waals surface area contributed by atoms with Gasteiger partial charge in [0.2, 0.25) is 0 Å². The zero-order valence-corrected chi connectivity index (χ0v) is 15.8. The molecule has 8 nitrogen and oxygen atoms in total. The molecule has 0 radical (unpaired) electrons. The van der Waals surface area contributed by atoms with Gasteiger partial charge in [-0.2, -0.15) is 5.10 Å². The van der Waals surface area contributed by atoms with Gasteiger partial charge in [0, 0.05) is 5.56 Å². The van der Waals surface area contributed by atoms with Crippen LogP contribution in [0.2, 0.25) is 0 Å². The number of carbonyl (C=O) groups excluding carboxylic acids is 1. The minimum atomic E-state index is -4.93. The molecule has 0 spiro atoms. The number of para-hydroxylation sites is 2. The molecule has 1 aromatic heterocycles. The number of hydrogen-bond acceptors (Lipinski definition) is 5. The molecule has 0 aliphatic carbocycles. The minimum Gasteiger partial charge on any atom is -0.481 e. The van der Waals surface area contributed by atoms with Gasteiger partial charge in [0.25, 0.3) is 5.91 Å². The summed E-state index contributed by atoms with van der Waals surface area (Å²) < 4.78 is 46.7. The van der Waals surface area contributed by atoms with E-state index in [1.165, 1.54) is 18.2 Å². The van der Waals surface area contributed by atoms with Crippen molar-refractivity contribution < 1.29 is 37.3 Å². The highest BCUT2D eigenvalue weighted by Crippen LogP contribution is 2.29. The first-order valence-electron chi connectivity index (χ1n) is 8.84. The summed E-state index contributed by atoms with van der Waals surface area (Å²) in [5, 5.41) is 18.1. The molecule has 11 heteroatoms. The number of benzene rings is 2. The zero-order valence-electron chi connectivity index (χ0n) is 15.8. The third kappa shape index (κ3) is 5.98. The van der Waals surface area contributed by atoms with Crippen LogP contribution in [0.15, 0.2) is 54.6 Å². The van der Waals surface area contributed by atoms with Crippen LogP contribution in [0.5, 0.6) is 11.5 Å². The number of rotatable bonds is 8. The first-order chi connectivity index (χ1) is 14.7. The van der Waals surface area contributed by atoms with Gasteiger partial charge in [-0.15, -0.1) is 13.2 Å². The molecule has 1 amide bonds. The van der Waals surface area contributed by atoms with E-state index in [2.05, 4.69) is 20.3 Å². The number of carboxylic acids is 1. The average Bonchev–Trinajstić information content (AvgIpc) is 3.19. The standard InChI is InChI=1S/C20H16F3N3O5/c21-20(22,23)31-17-8-4-2-6-14(17)19(29)24-10-12-9-15(26-25-12)13-5-1-3-7-16(13)30-11-18(27)28/h1-9H,10-11H2,(H,24,29)(H,25,26)(H,27,28). The van der Waals surface area contributed by atoms with Gasteiger partial charge in [-0.3, -0.25) is 9.89 Å². The summed E-state index contributed by atoms with van der Waals surface area (Å²) in [6.45, 7) is -0.575. The fourth-order valence-corrected chi connectivity index (χ4v) is 2.67. The summed E-state index contributed by atoms with van der Waals surface area (Å²) >= 11 is 0. The van der Waals surface area contributed by atoms with E-state index in [1.807, 2.05) is 0 Å². The lowest BCUT2D eigenvalue weighted by molar-refractivity contribution is -0.274. The number of amides is 1. The Kier molecular flexibility index (Phi) is 6.43. The van der Waals surface area contributed by atoms with E-state index in [0.717, 1.165) is 6.07 Å². The highest BCUT2D eigenvalue weighted by molar-refractivity contribution is 5.96. The molecule has 0 bridgehead atoms. The van der Waals surface area contributed by atoms with E-state index in [9.17, 15) is 22.8 Å². The van der Waals surface area contributed by atoms with Crippen molar-refractivity contribution in [2.24, 2.45) is 0 Å². The van der Waals surface area contributed by atoms with Gasteiger partial charge in [0.15, 0.2) is 6.61 Å². The molecule has 0 aliphatic rings. The van der Waals surface area contributed by atoms with Crippen LogP contribution in [0.3, 0.4) is 0 Å². The molecular formula is C20H16F3N3O5. The summed E-state index contributed by atoms with van der Waals surface area (Å²) in [5.74, 6) is -2.19. The molecule has 0 saturated carbocycles. The maximum atomic E-state index is 12.5. The van der Waals surface area contributed by atoms with Crippen LogP contribution in [0.1, 0.15) is 16.1 Å². The average molecular weight is 435 g/mol. The fraction of sp³-hybridized carbons (Fsp3) is 0.150. The summed E-state index contributed by atoms with van der Waals surface area (Å²) in [6.07, 6.45) is -4.93. The van der Waals surface area contributed by atoms with Crippen molar-refractivity contribution in [3.63, 3.8) is 0 Å². The Hall–Kier alpha value is -4.02. The molecular weight excluding hydrogens is 419 g/mol. The summed E-state index contributed by atoms with van der Waals surface area (Å²) in [6, 6.07) is 13.3. The van der Waals surface area contributed by atoms with Crippen LogP contribution >= 0.6 is 0 Å². The van der Waals surface area contributed by atoms with Crippen LogP contribution < -0.4 is 14.8 Å². The lowest BCUT2D eigenvalue weighted by atomic mass is 10.1. The molecule has 0 aliphatic heterocycles. The maximum Gasteiger partial charge on any atom is 0.573 e. The van der Waals surface area contributed by atoms with E-state index in [-0.39, 0.29) is 12.1 Å². The Balaban J connectivity index is 1.70. The predicted molar refractivity (Wildman–Crippen MR) is 101 cm³/mol. The second-order valence-electron chi connectivity index (χ2n) is 6.18. The van der Waals surface area contributed by atoms with E-state index >= 15 is 0 Å². The number of aromatic nitrogens is 2. The molecule has 3 rings (SSSR count). The highest BCUT2D eigenvalue weighted by Gasteiger charge is 2.32. The van der Waals surface area contributed by atoms with Crippen molar-refractivity contribution in [1.29, 1.82) is 0 Å². The van der Waals surface area contributed by atoms with Gasteiger partial charge < -0.3 is 19.9 Å². The third-order valence-electron chi connectivity index (χ3n) is 3.94. The van der Waals surface area contributed by atoms with E-state index in [1.54, 1.807) is 30.3 Å². The van der Waals surface area contributed by atoms with Crippen molar-refractivity contribution in [3.05, 3.63) is 65.9 Å². The molecule has 0 unspecified atom stereocenters. The van der Waals surface area contributed by atoms with Crippen LogP contribution in [0, 0.1) is 0 Å². The summed E-state index contributed by atoms with van der Waals surface area (Å²) in [5.41, 5.74) is 1.16. The van der Waals surface area contributed by atoms with Crippen LogP contribution in [0.4, 0.5) is 13.2 Å². The number of H-pyrrole nitrogens is 1. The topological polar surface area (TPSA) is 114 Å². The van der Waals surface area contributed by atoms with Crippen molar-refractivity contribution >= 4 is 11.9 Å². The largest absolute Gasteiger partial charge is 0.573 e. The molecule has 0 saturated heterocycles. The smallest absolute Gasteiger partial charge is 0.481 e. The number of nitrogens with zero attached hydrogens (tertiary/aromatic N) is 1. The zero-order chi connectivity index (χ0) is 22.4. The Morgan fingerprint density at radius 1 is 1.06 bits per heavy atom. The number of hydrogen-bond donors (Lipinski definition) is 3. The Labute approximate surface area is 173 Å². The molecule has 31 heavy (non-hydrogen) atoms. The minimum absolute atomic E-state index is 0.0513. The predicted octanol–water partition coefficient (Wildman–Crippen LogP) is 3.37. The number of ether oxygens (including phenoxy) is 2. The van der Waals surface area contributed by atoms with Crippen LogP contribution in [0.25, 0.3) is 11.3 Å². The van der Waals surface area contributed by atoms with Crippen molar-refractivity contribution in [2.75, 3.05) is 6.61 Å². The van der Waals surface area contributed by atoms with Gasteiger partial charge in [0.1, 0.15) is 11.5 Å². The summed E-state index contributed by atoms with van der Waals surface area (Å²) in [7, 11) is 0. The molecule has 3 N–H and O–H groups in total. The van der Waals surface area contributed by atoms with Crippen molar-refractivity contribution in [3.8, 4) is 22.8 Å². The monoisotopic (exact) mass is 435 g/mol. The van der Waals surface area contributed by atoms with Gasteiger partial charge in [0.05, 0.1) is 23.5 Å². The normalized spacial score (nSPS) is 11.1. The first kappa shape index (κ1) is 21.7. The highest BCUT2D eigenvalue weighted by atomic mass is 19.4. The van der Waals surface area contributed by atoms with Gasteiger partial charge in [-0.25, -0.2) is 4.79 Å². The fourth-order valence-electron chi connectivity index (χ4n) is 2.67. The first-order valence-corrected chi connectivity index (χ1v) is 8.84. The number of halogens is 3. The number of carboxylic acid groups (broad SMARTS) is 1. The van der Waals surface area contributed by atoms with Crippen molar-refractivity contribution in [1.82, 2.24) is 15.5 Å². The van der Waals surface area contributed by atoms with E-state index in [0.29, 0.717) is 22.7 Å². The SMILES string of the molecule is O=C(O)COc1ccccc1-c1cc(CNC(=O)c2ccccc2OC(F)(F)F)[nH]n1. The number of carbonyl (C=O) groups is 2.